The largest absolute Gasteiger partial charge is 0.354 e. The number of halogens is 1. The van der Waals surface area contributed by atoms with Crippen molar-refractivity contribution in [2.45, 2.75) is 44.6 Å². The maximum absolute atomic E-state index is 11.7. The maximum Gasteiger partial charge on any atom is 0.194 e. The van der Waals surface area contributed by atoms with Crippen LogP contribution in [-0.2, 0) is 16.3 Å². The first-order valence-electron chi connectivity index (χ1n) is 10.2. The van der Waals surface area contributed by atoms with E-state index in [-0.39, 0.29) is 29.9 Å². The van der Waals surface area contributed by atoms with Crippen molar-refractivity contribution in [3.8, 4) is 0 Å². The molecule has 3 aliphatic rings. The monoisotopic (exact) mass is 518 g/mol. The van der Waals surface area contributed by atoms with Gasteiger partial charge >= 0.3 is 0 Å². The van der Waals surface area contributed by atoms with E-state index in [2.05, 4.69) is 21.3 Å². The lowest BCUT2D eigenvalue weighted by atomic mass is 9.91. The van der Waals surface area contributed by atoms with E-state index >= 15 is 0 Å². The molecule has 0 amide bonds. The molecule has 1 aromatic rings. The number of aromatic nitrogens is 1. The van der Waals surface area contributed by atoms with Gasteiger partial charge in [0.05, 0.1) is 11.5 Å². The molecule has 8 heteroatoms. The molecule has 3 heterocycles. The van der Waals surface area contributed by atoms with Crippen LogP contribution in [0.3, 0.4) is 0 Å². The summed E-state index contributed by atoms with van der Waals surface area (Å²) in [6.45, 7) is 2.67. The zero-order valence-electron chi connectivity index (χ0n) is 16.3. The molecule has 1 atom stereocenters. The Morgan fingerprint density at radius 3 is 2.57 bits per heavy atom. The van der Waals surface area contributed by atoms with Gasteiger partial charge in [0, 0.05) is 38.1 Å². The van der Waals surface area contributed by atoms with Gasteiger partial charge in [0.1, 0.15) is 0 Å². The van der Waals surface area contributed by atoms with Crippen molar-refractivity contribution in [2.24, 2.45) is 16.8 Å². The first-order chi connectivity index (χ1) is 13.1. The van der Waals surface area contributed by atoms with Gasteiger partial charge in [-0.3, -0.25) is 9.98 Å². The topological polar surface area (TPSA) is 74.7 Å². The number of rotatable bonds is 5. The van der Waals surface area contributed by atoms with Gasteiger partial charge in [-0.05, 0) is 62.0 Å². The van der Waals surface area contributed by atoms with Crippen molar-refractivity contribution in [2.75, 3.05) is 31.1 Å². The summed E-state index contributed by atoms with van der Waals surface area (Å²) in [5, 5.41) is 3.59. The molecule has 1 N–H and O–H groups in total. The molecule has 0 bridgehead atoms. The molecule has 1 aliphatic carbocycles. The first-order valence-corrected chi connectivity index (χ1v) is 12.0. The molecule has 1 aromatic heterocycles. The first kappa shape index (κ1) is 21.8. The van der Waals surface area contributed by atoms with E-state index in [1.54, 1.807) is 0 Å². The molecule has 1 saturated carbocycles. The highest BCUT2D eigenvalue weighted by Gasteiger charge is 2.30. The van der Waals surface area contributed by atoms with Crippen molar-refractivity contribution in [3.63, 3.8) is 0 Å². The molecule has 2 aliphatic heterocycles. The van der Waals surface area contributed by atoms with Crippen LogP contribution in [0.5, 0.6) is 0 Å². The highest BCUT2D eigenvalue weighted by molar-refractivity contribution is 14.0. The van der Waals surface area contributed by atoms with Crippen molar-refractivity contribution < 1.29 is 8.42 Å². The van der Waals surface area contributed by atoms with E-state index in [1.165, 1.54) is 18.4 Å². The van der Waals surface area contributed by atoms with E-state index in [9.17, 15) is 8.42 Å². The molecule has 0 aromatic carbocycles. The van der Waals surface area contributed by atoms with Crippen LogP contribution in [0.25, 0.3) is 0 Å². The number of nitrogens with one attached hydrogen (secondary N) is 1. The molecular weight excluding hydrogens is 487 g/mol. The zero-order chi connectivity index (χ0) is 18.7. The van der Waals surface area contributed by atoms with Crippen molar-refractivity contribution in [3.05, 3.63) is 30.1 Å². The predicted octanol–water partition coefficient (Wildman–Crippen LogP) is 2.50. The lowest BCUT2D eigenvalue weighted by Gasteiger charge is -2.34. The molecule has 0 radical (unpaired) electrons. The Morgan fingerprint density at radius 1 is 1.18 bits per heavy atom. The number of hydrogen-bond acceptors (Lipinski definition) is 4. The van der Waals surface area contributed by atoms with Crippen LogP contribution in [0.2, 0.25) is 0 Å². The van der Waals surface area contributed by atoms with Gasteiger partial charge in [0.2, 0.25) is 0 Å². The minimum absolute atomic E-state index is 0. The standard InChI is InChI=1S/C20H30N4O2S.HI/c25-27(26)11-7-18(15-27)14-22-20(23-19-3-4-19)24-9-5-16(6-10-24)12-17-2-1-8-21-13-17;/h1-2,8,13,16,18-19H,3-7,9-12,14-15H2,(H,22,23);1H. The predicted molar refractivity (Wildman–Crippen MR) is 123 cm³/mol. The highest BCUT2D eigenvalue weighted by atomic mass is 127. The molecule has 28 heavy (non-hydrogen) atoms. The quantitative estimate of drug-likeness (QED) is 0.369. The molecule has 0 spiro atoms. The number of likely N-dealkylation sites (tertiary alicyclic amines) is 1. The zero-order valence-corrected chi connectivity index (χ0v) is 19.4. The molecule has 6 nitrogen and oxygen atoms in total. The van der Waals surface area contributed by atoms with E-state index in [1.807, 2.05) is 18.5 Å². The smallest absolute Gasteiger partial charge is 0.194 e. The minimum Gasteiger partial charge on any atom is -0.354 e. The molecular formula is C20H31IN4O2S. The number of aliphatic imine (C=N–C) groups is 1. The lowest BCUT2D eigenvalue weighted by Crippen LogP contribution is -2.46. The van der Waals surface area contributed by atoms with Crippen molar-refractivity contribution >= 4 is 39.8 Å². The Morgan fingerprint density at radius 2 is 1.96 bits per heavy atom. The normalized spacial score (nSPS) is 25.4. The fourth-order valence-electron chi connectivity index (χ4n) is 4.08. The third kappa shape index (κ3) is 6.30. The van der Waals surface area contributed by atoms with Crippen LogP contribution in [0.4, 0.5) is 0 Å². The van der Waals surface area contributed by atoms with E-state index in [4.69, 9.17) is 4.99 Å². The third-order valence-corrected chi connectivity index (χ3v) is 7.73. The molecule has 3 fully saturated rings. The van der Waals surface area contributed by atoms with Gasteiger partial charge in [-0.15, -0.1) is 24.0 Å². The summed E-state index contributed by atoms with van der Waals surface area (Å²) in [6, 6.07) is 4.73. The molecule has 1 unspecified atom stereocenters. The molecule has 4 rings (SSSR count). The fraction of sp³-hybridized carbons (Fsp3) is 0.700. The Kier molecular flexibility index (Phi) is 7.58. The van der Waals surface area contributed by atoms with Gasteiger partial charge < -0.3 is 10.2 Å². The van der Waals surface area contributed by atoms with Crippen LogP contribution >= 0.6 is 24.0 Å². The summed E-state index contributed by atoms with van der Waals surface area (Å²) >= 11 is 0. The molecule has 2 saturated heterocycles. The average molecular weight is 518 g/mol. The number of piperidine rings is 1. The van der Waals surface area contributed by atoms with E-state index in [0.29, 0.717) is 30.0 Å². The summed E-state index contributed by atoms with van der Waals surface area (Å²) in [6.07, 6.45) is 10.4. The number of nitrogens with zero attached hydrogens (tertiary/aromatic N) is 3. The van der Waals surface area contributed by atoms with Gasteiger partial charge in [0.15, 0.2) is 15.8 Å². The van der Waals surface area contributed by atoms with Gasteiger partial charge in [-0.25, -0.2) is 8.42 Å². The second-order valence-corrected chi connectivity index (χ2v) is 10.6. The van der Waals surface area contributed by atoms with Crippen LogP contribution < -0.4 is 5.32 Å². The van der Waals surface area contributed by atoms with Crippen LogP contribution in [-0.4, -0.2) is 61.4 Å². The van der Waals surface area contributed by atoms with Crippen molar-refractivity contribution in [1.29, 1.82) is 0 Å². The maximum atomic E-state index is 11.7. The second-order valence-electron chi connectivity index (χ2n) is 8.35. The van der Waals surface area contributed by atoms with Crippen molar-refractivity contribution in [1.82, 2.24) is 15.2 Å². The lowest BCUT2D eigenvalue weighted by molar-refractivity contribution is 0.258. The number of guanidine groups is 1. The summed E-state index contributed by atoms with van der Waals surface area (Å²) in [5.74, 6) is 2.53. The Hall–Kier alpha value is -0.900. The number of sulfone groups is 1. The van der Waals surface area contributed by atoms with Gasteiger partial charge in [-0.1, -0.05) is 6.07 Å². The summed E-state index contributed by atoms with van der Waals surface area (Å²) in [4.78, 5) is 11.4. The molecule has 156 valence electrons. The summed E-state index contributed by atoms with van der Waals surface area (Å²) < 4.78 is 23.4. The third-order valence-electron chi connectivity index (χ3n) is 5.90. The Balaban J connectivity index is 0.00000225. The van der Waals surface area contributed by atoms with E-state index in [0.717, 1.165) is 44.7 Å². The highest BCUT2D eigenvalue weighted by Crippen LogP contribution is 2.24. The van der Waals surface area contributed by atoms with Crippen LogP contribution in [0, 0.1) is 11.8 Å². The number of pyridine rings is 1. The summed E-state index contributed by atoms with van der Waals surface area (Å²) in [5.41, 5.74) is 1.32. The Bertz CT molecular complexity index is 760. The van der Waals surface area contributed by atoms with E-state index < -0.39 is 9.84 Å². The van der Waals surface area contributed by atoms with Crippen LogP contribution in [0.15, 0.2) is 29.5 Å². The second kappa shape index (κ2) is 9.73. The van der Waals surface area contributed by atoms with Gasteiger partial charge in [0.25, 0.3) is 0 Å². The SMILES string of the molecule is I.O=S1(=O)CCC(CN=C(NC2CC2)N2CCC(Cc3cccnc3)CC2)C1. The van der Waals surface area contributed by atoms with Gasteiger partial charge in [-0.2, -0.15) is 0 Å². The van der Waals surface area contributed by atoms with Crippen LogP contribution in [0.1, 0.15) is 37.7 Å². The minimum atomic E-state index is -2.82. The Labute approximate surface area is 185 Å². The average Bonchev–Trinajstić information content (AvgIpc) is 3.42. The fourth-order valence-corrected chi connectivity index (χ4v) is 5.93. The number of hydrogen-bond donors (Lipinski definition) is 1. The summed E-state index contributed by atoms with van der Waals surface area (Å²) in [7, 11) is -2.82.